The van der Waals surface area contributed by atoms with Gasteiger partial charge < -0.3 is 10.1 Å². The molecule has 1 N–H and O–H groups in total. The van der Waals surface area contributed by atoms with Crippen molar-refractivity contribution >= 4 is 17.5 Å². The maximum atomic E-state index is 12.6. The molecule has 118 valence electrons. The molecular weight excluding hydrogens is 310 g/mol. The summed E-state index contributed by atoms with van der Waals surface area (Å²) >= 11 is 6.01. The van der Waals surface area contributed by atoms with Crippen LogP contribution in [0.4, 0.5) is 0 Å². The van der Waals surface area contributed by atoms with E-state index in [9.17, 15) is 4.79 Å². The summed E-state index contributed by atoms with van der Waals surface area (Å²) in [6.45, 7) is 0. The van der Waals surface area contributed by atoms with Crippen molar-refractivity contribution < 1.29 is 9.53 Å². The van der Waals surface area contributed by atoms with Crippen LogP contribution in [0.1, 0.15) is 35.6 Å². The van der Waals surface area contributed by atoms with Gasteiger partial charge in [0.25, 0.3) is 5.91 Å². The maximum absolute atomic E-state index is 12.6. The van der Waals surface area contributed by atoms with Gasteiger partial charge in [-0.2, -0.15) is 0 Å². The fraction of sp³-hybridized carbons (Fsp3) is 0.316. The Kier molecular flexibility index (Phi) is 3.74. The smallest absolute Gasteiger partial charge is 0.261 e. The summed E-state index contributed by atoms with van der Waals surface area (Å²) in [6.07, 6.45) is 3.29. The van der Waals surface area contributed by atoms with Gasteiger partial charge in [-0.1, -0.05) is 35.9 Å². The minimum atomic E-state index is -0.461. The predicted octanol–water partition coefficient (Wildman–Crippen LogP) is 3.84. The van der Waals surface area contributed by atoms with E-state index < -0.39 is 6.10 Å². The van der Waals surface area contributed by atoms with Crippen LogP contribution in [0, 0.1) is 0 Å². The average molecular weight is 328 g/mol. The van der Waals surface area contributed by atoms with E-state index in [4.69, 9.17) is 16.3 Å². The zero-order valence-corrected chi connectivity index (χ0v) is 13.5. The summed E-state index contributed by atoms with van der Waals surface area (Å²) in [4.78, 5) is 12.6. The molecule has 3 nitrogen and oxygen atoms in total. The summed E-state index contributed by atoms with van der Waals surface area (Å²) in [5.41, 5.74) is 3.58. The van der Waals surface area contributed by atoms with E-state index in [1.54, 1.807) is 6.07 Å². The van der Waals surface area contributed by atoms with Gasteiger partial charge in [-0.25, -0.2) is 0 Å². The third-order valence-electron chi connectivity index (χ3n) is 4.68. The molecule has 1 amide bonds. The topological polar surface area (TPSA) is 38.3 Å². The molecule has 0 bridgehead atoms. The highest BCUT2D eigenvalue weighted by Crippen LogP contribution is 2.33. The standard InChI is InChI=1S/C19H18ClNO2/c20-14-8-9-17-13(10-14)11-18(23-17)19(22)21-16-7-3-5-12-4-1-2-6-15(12)16/h1-2,4,6,8-10,16,18H,3,5,7,11H2,(H,21,22)/t16-,18+/m0/s1. The lowest BCUT2D eigenvalue weighted by molar-refractivity contribution is -0.128. The normalized spacial score (nSPS) is 22.0. The minimum absolute atomic E-state index is 0.0426. The number of carbonyl (C=O) groups excluding carboxylic acids is 1. The monoisotopic (exact) mass is 327 g/mol. The van der Waals surface area contributed by atoms with Gasteiger partial charge in [0.05, 0.1) is 6.04 Å². The molecule has 4 rings (SSSR count). The number of hydrogen-bond donors (Lipinski definition) is 1. The first kappa shape index (κ1) is 14.6. The maximum Gasteiger partial charge on any atom is 0.261 e. The first-order valence-electron chi connectivity index (χ1n) is 8.04. The summed E-state index contributed by atoms with van der Waals surface area (Å²) in [5, 5.41) is 3.85. The molecule has 1 aliphatic heterocycles. The molecule has 0 unspecified atom stereocenters. The lowest BCUT2D eigenvalue weighted by atomic mass is 9.87. The van der Waals surface area contributed by atoms with Crippen molar-refractivity contribution in [1.82, 2.24) is 5.32 Å². The summed E-state index contributed by atoms with van der Waals surface area (Å²) < 4.78 is 5.78. The van der Waals surface area contributed by atoms with Crippen molar-refractivity contribution in [3.63, 3.8) is 0 Å². The number of rotatable bonds is 2. The molecule has 0 saturated carbocycles. The van der Waals surface area contributed by atoms with Gasteiger partial charge in [-0.15, -0.1) is 0 Å². The summed E-state index contributed by atoms with van der Waals surface area (Å²) in [5.74, 6) is 0.720. The number of ether oxygens (including phenoxy) is 1. The molecule has 0 spiro atoms. The van der Waals surface area contributed by atoms with Crippen LogP contribution in [0.5, 0.6) is 5.75 Å². The van der Waals surface area contributed by atoms with Crippen molar-refractivity contribution in [2.24, 2.45) is 0 Å². The molecule has 0 fully saturated rings. The van der Waals surface area contributed by atoms with Gasteiger partial charge in [0.15, 0.2) is 6.10 Å². The van der Waals surface area contributed by atoms with E-state index in [1.165, 1.54) is 11.1 Å². The number of hydrogen-bond acceptors (Lipinski definition) is 2. The van der Waals surface area contributed by atoms with Crippen molar-refractivity contribution in [1.29, 1.82) is 0 Å². The zero-order valence-electron chi connectivity index (χ0n) is 12.7. The molecule has 2 atom stereocenters. The van der Waals surface area contributed by atoms with Crippen LogP contribution in [-0.4, -0.2) is 12.0 Å². The van der Waals surface area contributed by atoms with Crippen molar-refractivity contribution in [3.05, 3.63) is 64.2 Å². The number of carbonyl (C=O) groups is 1. The quantitative estimate of drug-likeness (QED) is 0.910. The number of halogens is 1. The third-order valence-corrected chi connectivity index (χ3v) is 4.91. The number of amides is 1. The van der Waals surface area contributed by atoms with Crippen LogP contribution in [0.25, 0.3) is 0 Å². The molecule has 0 aromatic heterocycles. The Hall–Kier alpha value is -2.00. The van der Waals surface area contributed by atoms with E-state index in [0.717, 1.165) is 30.6 Å². The van der Waals surface area contributed by atoms with E-state index in [1.807, 2.05) is 18.2 Å². The lowest BCUT2D eigenvalue weighted by Gasteiger charge is -2.27. The van der Waals surface area contributed by atoms with Crippen LogP contribution in [0.15, 0.2) is 42.5 Å². The zero-order chi connectivity index (χ0) is 15.8. The Morgan fingerprint density at radius 1 is 1.17 bits per heavy atom. The Morgan fingerprint density at radius 3 is 2.96 bits per heavy atom. The van der Waals surface area contributed by atoms with E-state index >= 15 is 0 Å². The Bertz CT molecular complexity index is 759. The first-order chi connectivity index (χ1) is 11.2. The predicted molar refractivity (Wildman–Crippen MR) is 89.8 cm³/mol. The fourth-order valence-electron chi connectivity index (χ4n) is 3.53. The Morgan fingerprint density at radius 2 is 2.04 bits per heavy atom. The summed E-state index contributed by atoms with van der Waals surface area (Å²) in [6, 6.07) is 13.9. The van der Waals surface area contributed by atoms with Crippen LogP contribution in [0.3, 0.4) is 0 Å². The van der Waals surface area contributed by atoms with Gasteiger partial charge in [0, 0.05) is 11.4 Å². The number of aryl methyl sites for hydroxylation is 1. The SMILES string of the molecule is O=C(N[C@H]1CCCc2ccccc21)[C@H]1Cc2cc(Cl)ccc2O1. The van der Waals surface area contributed by atoms with Crippen LogP contribution < -0.4 is 10.1 Å². The van der Waals surface area contributed by atoms with Gasteiger partial charge in [-0.3, -0.25) is 4.79 Å². The second kappa shape index (κ2) is 5.89. The molecule has 2 aliphatic rings. The minimum Gasteiger partial charge on any atom is -0.480 e. The lowest BCUT2D eigenvalue weighted by Crippen LogP contribution is -2.40. The van der Waals surface area contributed by atoms with Crippen molar-refractivity contribution in [2.75, 3.05) is 0 Å². The molecule has 0 saturated heterocycles. The van der Waals surface area contributed by atoms with Gasteiger partial charge in [0.1, 0.15) is 5.75 Å². The van der Waals surface area contributed by atoms with Gasteiger partial charge >= 0.3 is 0 Å². The van der Waals surface area contributed by atoms with Crippen LogP contribution in [-0.2, 0) is 17.6 Å². The molecule has 4 heteroatoms. The average Bonchev–Trinajstić information content (AvgIpc) is 2.98. The highest BCUT2D eigenvalue weighted by molar-refractivity contribution is 6.30. The van der Waals surface area contributed by atoms with Crippen LogP contribution in [0.2, 0.25) is 5.02 Å². The third kappa shape index (κ3) is 2.81. The largest absolute Gasteiger partial charge is 0.480 e. The van der Waals surface area contributed by atoms with Gasteiger partial charge in [0.2, 0.25) is 0 Å². The summed E-state index contributed by atoms with van der Waals surface area (Å²) in [7, 11) is 0. The Labute approximate surface area is 140 Å². The fourth-order valence-corrected chi connectivity index (χ4v) is 3.73. The number of benzene rings is 2. The van der Waals surface area contributed by atoms with Crippen LogP contribution >= 0.6 is 11.6 Å². The van der Waals surface area contributed by atoms with E-state index in [0.29, 0.717) is 11.4 Å². The molecule has 23 heavy (non-hydrogen) atoms. The molecule has 1 aliphatic carbocycles. The van der Waals surface area contributed by atoms with Crippen molar-refractivity contribution in [3.8, 4) is 5.75 Å². The van der Waals surface area contributed by atoms with Gasteiger partial charge in [-0.05, 0) is 54.2 Å². The highest BCUT2D eigenvalue weighted by atomic mass is 35.5. The first-order valence-corrected chi connectivity index (χ1v) is 8.42. The number of nitrogens with one attached hydrogen (secondary N) is 1. The second-order valence-electron chi connectivity index (χ2n) is 6.21. The van der Waals surface area contributed by atoms with E-state index in [-0.39, 0.29) is 11.9 Å². The molecule has 2 aromatic carbocycles. The second-order valence-corrected chi connectivity index (χ2v) is 6.65. The highest BCUT2D eigenvalue weighted by Gasteiger charge is 2.31. The Balaban J connectivity index is 1.48. The molecular formula is C19H18ClNO2. The van der Waals surface area contributed by atoms with Crippen molar-refractivity contribution in [2.45, 2.75) is 37.8 Å². The molecule has 1 heterocycles. The molecule has 0 radical (unpaired) electrons. The molecule has 2 aromatic rings. The number of fused-ring (bicyclic) bond motifs is 2. The van der Waals surface area contributed by atoms with E-state index in [2.05, 4.69) is 23.5 Å².